The van der Waals surface area contributed by atoms with Gasteiger partial charge in [0.05, 0.1) is 17.1 Å². The van der Waals surface area contributed by atoms with E-state index < -0.39 is 17.4 Å². The molecule has 2 aromatic heterocycles. The number of halogens is 1. The van der Waals surface area contributed by atoms with Crippen molar-refractivity contribution in [2.24, 2.45) is 0 Å². The predicted octanol–water partition coefficient (Wildman–Crippen LogP) is 3.70. The molecule has 0 aliphatic rings. The summed E-state index contributed by atoms with van der Waals surface area (Å²) in [5.41, 5.74) is 0.532. The highest BCUT2D eigenvalue weighted by Crippen LogP contribution is 2.29. The van der Waals surface area contributed by atoms with Crippen molar-refractivity contribution in [1.29, 1.82) is 0 Å². The van der Waals surface area contributed by atoms with E-state index in [1.165, 1.54) is 25.2 Å². The van der Waals surface area contributed by atoms with Gasteiger partial charge in [0.1, 0.15) is 10.4 Å². The van der Waals surface area contributed by atoms with Crippen LogP contribution >= 0.6 is 22.9 Å². The summed E-state index contributed by atoms with van der Waals surface area (Å²) in [6.45, 7) is 5.35. The highest BCUT2D eigenvalue weighted by molar-refractivity contribution is 7.20. The van der Waals surface area contributed by atoms with Crippen LogP contribution in [-0.4, -0.2) is 32.3 Å². The van der Waals surface area contributed by atoms with E-state index in [0.717, 1.165) is 21.5 Å². The molecule has 136 valence electrons. The fourth-order valence-electron chi connectivity index (χ4n) is 2.49. The summed E-state index contributed by atoms with van der Waals surface area (Å²) >= 11 is 7.22. The second-order valence-electron chi connectivity index (χ2n) is 6.58. The lowest BCUT2D eigenvalue weighted by molar-refractivity contribution is -0.143. The third kappa shape index (κ3) is 3.59. The van der Waals surface area contributed by atoms with Crippen LogP contribution in [0, 0.1) is 6.92 Å². The second-order valence-corrected chi connectivity index (χ2v) is 8.05. The first-order valence-electron chi connectivity index (χ1n) is 7.94. The Kier molecular flexibility index (Phi) is 4.77. The minimum absolute atomic E-state index is 0.406. The van der Waals surface area contributed by atoms with E-state index in [4.69, 9.17) is 11.6 Å². The van der Waals surface area contributed by atoms with Gasteiger partial charge in [-0.25, -0.2) is 4.79 Å². The molecule has 0 bridgehead atoms. The first kappa shape index (κ1) is 18.4. The van der Waals surface area contributed by atoms with Crippen molar-refractivity contribution in [3.8, 4) is 0 Å². The number of amides is 1. The van der Waals surface area contributed by atoms with Gasteiger partial charge in [0.2, 0.25) is 0 Å². The lowest BCUT2D eigenvalue weighted by atomic mass is 10.1. The van der Waals surface area contributed by atoms with E-state index in [9.17, 15) is 14.7 Å². The molecule has 1 aromatic carbocycles. The fourth-order valence-corrected chi connectivity index (χ4v) is 3.68. The Morgan fingerprint density at radius 3 is 2.58 bits per heavy atom. The first-order chi connectivity index (χ1) is 12.2. The summed E-state index contributed by atoms with van der Waals surface area (Å²) in [5, 5.41) is 17.8. The summed E-state index contributed by atoms with van der Waals surface area (Å²) in [6, 6.07) is 9.27. The summed E-state index contributed by atoms with van der Waals surface area (Å²) in [7, 11) is 0. The SMILES string of the molecule is Cc1nn(Cc2ccc(Cl)cc2)c2sc(C(=O)NC(C)(C)C(=O)O)cc12. The number of aryl methyl sites for hydroxylation is 1. The molecular formula is C18H18ClN3O3S. The minimum Gasteiger partial charge on any atom is -0.480 e. The van der Waals surface area contributed by atoms with Crippen molar-refractivity contribution in [3.63, 3.8) is 0 Å². The van der Waals surface area contributed by atoms with Gasteiger partial charge in [0.15, 0.2) is 0 Å². The third-order valence-corrected chi connectivity index (χ3v) is 5.44. The van der Waals surface area contributed by atoms with Crippen LogP contribution in [0.1, 0.15) is 34.8 Å². The predicted molar refractivity (Wildman–Crippen MR) is 102 cm³/mol. The number of nitrogens with one attached hydrogen (secondary N) is 1. The molecule has 0 unspecified atom stereocenters. The lowest BCUT2D eigenvalue weighted by Gasteiger charge is -2.20. The molecule has 1 amide bonds. The molecule has 6 nitrogen and oxygen atoms in total. The van der Waals surface area contributed by atoms with E-state index in [2.05, 4.69) is 10.4 Å². The molecule has 0 atom stereocenters. The monoisotopic (exact) mass is 391 g/mol. The third-order valence-electron chi connectivity index (χ3n) is 4.04. The van der Waals surface area contributed by atoms with Crippen molar-refractivity contribution in [3.05, 3.63) is 51.5 Å². The van der Waals surface area contributed by atoms with E-state index >= 15 is 0 Å². The molecule has 0 radical (unpaired) electrons. The van der Waals surface area contributed by atoms with Gasteiger partial charge in [-0.05, 0) is 44.5 Å². The Morgan fingerprint density at radius 1 is 1.31 bits per heavy atom. The van der Waals surface area contributed by atoms with E-state index in [-0.39, 0.29) is 0 Å². The van der Waals surface area contributed by atoms with Crippen LogP contribution in [0.2, 0.25) is 5.02 Å². The topological polar surface area (TPSA) is 84.2 Å². The largest absolute Gasteiger partial charge is 0.480 e. The molecule has 0 spiro atoms. The van der Waals surface area contributed by atoms with Gasteiger partial charge in [-0.2, -0.15) is 5.10 Å². The summed E-state index contributed by atoms with van der Waals surface area (Å²) in [5.74, 6) is -1.49. The molecule has 0 aliphatic heterocycles. The van der Waals surface area contributed by atoms with Crippen molar-refractivity contribution in [2.75, 3.05) is 0 Å². The molecule has 0 saturated carbocycles. The Labute approximate surface area is 159 Å². The van der Waals surface area contributed by atoms with E-state index in [1.54, 1.807) is 6.07 Å². The molecule has 0 aliphatic carbocycles. The van der Waals surface area contributed by atoms with Gasteiger partial charge in [-0.3, -0.25) is 9.48 Å². The van der Waals surface area contributed by atoms with Gasteiger partial charge in [-0.1, -0.05) is 23.7 Å². The molecule has 0 fully saturated rings. The number of aromatic nitrogens is 2. The summed E-state index contributed by atoms with van der Waals surface area (Å²) < 4.78 is 1.84. The average molecular weight is 392 g/mol. The Hall–Kier alpha value is -2.38. The number of fused-ring (bicyclic) bond motifs is 1. The maximum atomic E-state index is 12.4. The van der Waals surface area contributed by atoms with Gasteiger partial charge < -0.3 is 10.4 Å². The molecule has 26 heavy (non-hydrogen) atoms. The number of hydrogen-bond donors (Lipinski definition) is 2. The van der Waals surface area contributed by atoms with Gasteiger partial charge in [0.25, 0.3) is 5.91 Å². The quantitative estimate of drug-likeness (QED) is 0.694. The molecule has 0 saturated heterocycles. The number of hydrogen-bond acceptors (Lipinski definition) is 4. The maximum absolute atomic E-state index is 12.4. The number of rotatable bonds is 5. The number of carboxylic acids is 1. The van der Waals surface area contributed by atoms with Gasteiger partial charge in [0, 0.05) is 10.4 Å². The van der Waals surface area contributed by atoms with Crippen LogP contribution in [0.25, 0.3) is 10.2 Å². The van der Waals surface area contributed by atoms with Crippen LogP contribution in [-0.2, 0) is 11.3 Å². The molecular weight excluding hydrogens is 374 g/mol. The number of aliphatic carboxylic acids is 1. The Balaban J connectivity index is 1.90. The van der Waals surface area contributed by atoms with Gasteiger partial charge >= 0.3 is 5.97 Å². The van der Waals surface area contributed by atoms with Gasteiger partial charge in [-0.15, -0.1) is 11.3 Å². The van der Waals surface area contributed by atoms with E-state index in [1.807, 2.05) is 35.9 Å². The number of thiophene rings is 1. The number of nitrogens with zero attached hydrogens (tertiary/aromatic N) is 2. The summed E-state index contributed by atoms with van der Waals surface area (Å²) in [4.78, 5) is 25.0. The molecule has 3 aromatic rings. The lowest BCUT2D eigenvalue weighted by Crippen LogP contribution is -2.49. The minimum atomic E-state index is -1.34. The zero-order chi connectivity index (χ0) is 19.1. The fraction of sp³-hybridized carbons (Fsp3) is 0.278. The normalized spacial score (nSPS) is 11.7. The zero-order valence-corrected chi connectivity index (χ0v) is 16.1. The highest BCUT2D eigenvalue weighted by Gasteiger charge is 2.30. The zero-order valence-electron chi connectivity index (χ0n) is 14.5. The highest BCUT2D eigenvalue weighted by atomic mass is 35.5. The number of benzene rings is 1. The Morgan fingerprint density at radius 2 is 1.96 bits per heavy atom. The molecule has 2 heterocycles. The van der Waals surface area contributed by atoms with Crippen LogP contribution in [0.5, 0.6) is 0 Å². The number of carboxylic acid groups (broad SMARTS) is 1. The molecule has 3 rings (SSSR count). The summed E-state index contributed by atoms with van der Waals surface area (Å²) in [6.07, 6.45) is 0. The van der Waals surface area contributed by atoms with Crippen LogP contribution in [0.3, 0.4) is 0 Å². The smallest absolute Gasteiger partial charge is 0.328 e. The number of carbonyl (C=O) groups excluding carboxylic acids is 1. The van der Waals surface area contributed by atoms with Crippen molar-refractivity contribution >= 4 is 45.0 Å². The van der Waals surface area contributed by atoms with E-state index in [0.29, 0.717) is 16.4 Å². The van der Waals surface area contributed by atoms with Crippen molar-refractivity contribution < 1.29 is 14.7 Å². The molecule has 8 heteroatoms. The first-order valence-corrected chi connectivity index (χ1v) is 9.14. The standard InChI is InChI=1S/C18H18ClN3O3S/c1-10-13-8-14(15(23)20-18(2,3)17(24)25)26-16(13)22(21-10)9-11-4-6-12(19)7-5-11/h4-8H,9H2,1-3H3,(H,20,23)(H,24,25). The van der Waals surface area contributed by atoms with Crippen LogP contribution in [0.15, 0.2) is 30.3 Å². The maximum Gasteiger partial charge on any atom is 0.328 e. The molecule has 2 N–H and O–H groups in total. The van der Waals surface area contributed by atoms with Crippen LogP contribution in [0.4, 0.5) is 0 Å². The average Bonchev–Trinajstić information content (AvgIpc) is 3.11. The van der Waals surface area contributed by atoms with Crippen molar-refractivity contribution in [2.45, 2.75) is 32.9 Å². The van der Waals surface area contributed by atoms with Crippen molar-refractivity contribution in [1.82, 2.24) is 15.1 Å². The number of carbonyl (C=O) groups is 2. The van der Waals surface area contributed by atoms with Crippen LogP contribution < -0.4 is 5.32 Å². The Bertz CT molecular complexity index is 989. The second kappa shape index (κ2) is 6.74.